The third-order valence-electron chi connectivity index (χ3n) is 5.71. The lowest BCUT2D eigenvalue weighted by atomic mass is 10.1. The van der Waals surface area contributed by atoms with Gasteiger partial charge in [0.25, 0.3) is 0 Å². The second-order valence-corrected chi connectivity index (χ2v) is 9.22. The number of amidine groups is 1. The Kier molecular flexibility index (Phi) is 6.23. The van der Waals surface area contributed by atoms with Crippen molar-refractivity contribution in [2.75, 3.05) is 5.32 Å². The Morgan fingerprint density at radius 3 is 2.50 bits per heavy atom. The van der Waals surface area contributed by atoms with Crippen molar-refractivity contribution in [3.8, 4) is 0 Å². The highest BCUT2D eigenvalue weighted by molar-refractivity contribution is 8.15. The van der Waals surface area contributed by atoms with Crippen LogP contribution in [0.4, 0.5) is 11.4 Å². The van der Waals surface area contributed by atoms with E-state index >= 15 is 0 Å². The number of nitrogens with zero attached hydrogens (tertiary/aromatic N) is 2. The maximum atomic E-state index is 13.2. The van der Waals surface area contributed by atoms with Crippen molar-refractivity contribution in [1.82, 2.24) is 4.90 Å². The zero-order valence-electron chi connectivity index (χ0n) is 17.4. The minimum absolute atomic E-state index is 0.0118. The van der Waals surface area contributed by atoms with Crippen molar-refractivity contribution in [2.24, 2.45) is 4.99 Å². The number of amides is 2. The molecule has 1 saturated carbocycles. The molecule has 1 N–H and O–H groups in total. The molecule has 0 radical (unpaired) electrons. The number of thioether (sulfide) groups is 1. The van der Waals surface area contributed by atoms with Gasteiger partial charge in [-0.05, 0) is 50.5 Å². The number of carbonyl (C=O) groups excluding carboxylic acids is 2. The van der Waals surface area contributed by atoms with Crippen molar-refractivity contribution in [3.05, 3.63) is 59.7 Å². The van der Waals surface area contributed by atoms with E-state index in [0.717, 1.165) is 47.8 Å². The smallest absolute Gasteiger partial charge is 0.242 e. The van der Waals surface area contributed by atoms with Gasteiger partial charge in [0.2, 0.25) is 11.8 Å². The highest BCUT2D eigenvalue weighted by atomic mass is 32.2. The van der Waals surface area contributed by atoms with Gasteiger partial charge in [-0.2, -0.15) is 0 Å². The minimum Gasteiger partial charge on any atom is -0.326 e. The first kappa shape index (κ1) is 20.7. The summed E-state index contributed by atoms with van der Waals surface area (Å²) in [5.41, 5.74) is 3.81. The second-order valence-electron chi connectivity index (χ2n) is 8.05. The van der Waals surface area contributed by atoms with Crippen LogP contribution in [0.2, 0.25) is 0 Å². The number of carbonyl (C=O) groups is 2. The summed E-state index contributed by atoms with van der Waals surface area (Å²) in [6.45, 7) is 4.00. The van der Waals surface area contributed by atoms with Gasteiger partial charge in [0.05, 0.1) is 5.69 Å². The van der Waals surface area contributed by atoms with E-state index in [0.29, 0.717) is 0 Å². The molecule has 2 aliphatic rings. The fraction of sp³-hybridized carbons (Fsp3) is 0.375. The first-order chi connectivity index (χ1) is 14.5. The number of hydrogen-bond donors (Lipinski definition) is 1. The predicted octanol–water partition coefficient (Wildman–Crippen LogP) is 5.21. The Labute approximate surface area is 182 Å². The number of nitrogens with one attached hydrogen (secondary N) is 1. The third-order valence-corrected chi connectivity index (χ3v) is 6.86. The van der Waals surface area contributed by atoms with Gasteiger partial charge in [-0.15, -0.1) is 0 Å². The highest BCUT2D eigenvalue weighted by Crippen LogP contribution is 2.37. The topological polar surface area (TPSA) is 61.8 Å². The van der Waals surface area contributed by atoms with E-state index in [9.17, 15) is 9.59 Å². The molecule has 4 rings (SSSR count). The van der Waals surface area contributed by atoms with Crippen LogP contribution in [0.15, 0.2) is 53.5 Å². The van der Waals surface area contributed by atoms with Gasteiger partial charge in [-0.25, -0.2) is 4.99 Å². The summed E-state index contributed by atoms with van der Waals surface area (Å²) in [7, 11) is 0. The van der Waals surface area contributed by atoms with Crippen LogP contribution < -0.4 is 5.32 Å². The van der Waals surface area contributed by atoms with Gasteiger partial charge in [0.1, 0.15) is 5.25 Å². The van der Waals surface area contributed by atoms with Crippen LogP contribution in [0.25, 0.3) is 0 Å². The van der Waals surface area contributed by atoms with Crippen molar-refractivity contribution >= 4 is 40.1 Å². The Hall–Kier alpha value is -2.60. The van der Waals surface area contributed by atoms with E-state index in [4.69, 9.17) is 4.99 Å². The van der Waals surface area contributed by atoms with E-state index in [1.165, 1.54) is 17.3 Å². The maximum absolute atomic E-state index is 13.2. The molecule has 6 heteroatoms. The summed E-state index contributed by atoms with van der Waals surface area (Å²) in [5, 5.41) is 3.24. The predicted molar refractivity (Wildman–Crippen MR) is 123 cm³/mol. The first-order valence-corrected chi connectivity index (χ1v) is 11.4. The number of para-hydroxylation sites is 1. The normalized spacial score (nSPS) is 20.9. The summed E-state index contributed by atoms with van der Waals surface area (Å²) >= 11 is 1.42. The Morgan fingerprint density at radius 2 is 1.80 bits per heavy atom. The lowest BCUT2D eigenvalue weighted by Gasteiger charge is -2.23. The number of aliphatic imine (C=N–C) groups is 1. The van der Waals surface area contributed by atoms with Gasteiger partial charge >= 0.3 is 0 Å². The number of rotatable bonds is 5. The van der Waals surface area contributed by atoms with Gasteiger partial charge in [-0.1, -0.05) is 60.5 Å². The molecule has 1 atom stereocenters. The molecule has 2 amide bonds. The number of anilines is 1. The fourth-order valence-electron chi connectivity index (χ4n) is 4.00. The summed E-state index contributed by atoms with van der Waals surface area (Å²) < 4.78 is 0. The molecule has 2 aromatic rings. The highest BCUT2D eigenvalue weighted by Gasteiger charge is 2.43. The van der Waals surface area contributed by atoms with Crippen molar-refractivity contribution in [2.45, 2.75) is 57.2 Å². The Morgan fingerprint density at radius 1 is 1.10 bits per heavy atom. The van der Waals surface area contributed by atoms with Crippen molar-refractivity contribution < 1.29 is 9.59 Å². The largest absolute Gasteiger partial charge is 0.326 e. The molecule has 156 valence electrons. The zero-order chi connectivity index (χ0) is 21.1. The number of hydrogen-bond acceptors (Lipinski definition) is 4. The Bertz CT molecular complexity index is 965. The summed E-state index contributed by atoms with van der Waals surface area (Å²) in [6, 6.07) is 15.9. The van der Waals surface area contributed by atoms with Crippen molar-refractivity contribution in [1.29, 1.82) is 0 Å². The molecule has 5 nitrogen and oxygen atoms in total. The molecular formula is C24H27N3O2S. The standard InChI is InChI=1S/C24H27N3O2S/c1-16-11-13-18(14-12-16)25-24-27(19-8-4-5-9-19)23(29)21(30-24)15-22(28)26-20-10-6-3-7-17(20)2/h3,6-7,10-14,19,21H,4-5,8-9,15H2,1-2H3,(H,26,28)/t21-/m0/s1. The summed E-state index contributed by atoms with van der Waals surface area (Å²) in [5.74, 6) is -0.129. The van der Waals surface area contributed by atoms with Crippen LogP contribution in [0.5, 0.6) is 0 Å². The SMILES string of the molecule is Cc1ccc(N=C2S[C@@H](CC(=O)Nc3ccccc3C)C(=O)N2C2CCCC2)cc1. The lowest BCUT2D eigenvalue weighted by Crippen LogP contribution is -2.40. The molecule has 1 heterocycles. The van der Waals surface area contributed by atoms with Crippen LogP contribution in [0.1, 0.15) is 43.2 Å². The summed E-state index contributed by atoms with van der Waals surface area (Å²) in [4.78, 5) is 32.6. The van der Waals surface area contributed by atoms with E-state index in [1.54, 1.807) is 0 Å². The van der Waals surface area contributed by atoms with Gasteiger partial charge in [-0.3, -0.25) is 14.5 Å². The monoisotopic (exact) mass is 421 g/mol. The fourth-order valence-corrected chi connectivity index (χ4v) is 5.22. The average molecular weight is 422 g/mol. The van der Waals surface area contributed by atoms with Gasteiger partial charge in [0, 0.05) is 18.2 Å². The van der Waals surface area contributed by atoms with E-state index in [1.807, 2.05) is 67.3 Å². The van der Waals surface area contributed by atoms with E-state index in [2.05, 4.69) is 5.32 Å². The summed E-state index contributed by atoms with van der Waals surface area (Å²) in [6.07, 6.45) is 4.42. The molecule has 2 fully saturated rings. The lowest BCUT2D eigenvalue weighted by molar-refractivity contribution is -0.129. The molecule has 0 bridgehead atoms. The molecular weight excluding hydrogens is 394 g/mol. The van der Waals surface area contributed by atoms with Crippen LogP contribution in [-0.2, 0) is 9.59 Å². The maximum Gasteiger partial charge on any atom is 0.242 e. The quantitative estimate of drug-likeness (QED) is 0.721. The minimum atomic E-state index is -0.432. The zero-order valence-corrected chi connectivity index (χ0v) is 18.2. The molecule has 30 heavy (non-hydrogen) atoms. The van der Waals surface area contributed by atoms with Crippen LogP contribution in [-0.4, -0.2) is 33.2 Å². The number of aryl methyl sites for hydroxylation is 2. The van der Waals surface area contributed by atoms with Gasteiger partial charge in [0.15, 0.2) is 5.17 Å². The Balaban J connectivity index is 1.52. The first-order valence-electron chi connectivity index (χ1n) is 10.5. The van der Waals surface area contributed by atoms with E-state index in [-0.39, 0.29) is 24.3 Å². The van der Waals surface area contributed by atoms with Gasteiger partial charge < -0.3 is 5.32 Å². The number of benzene rings is 2. The van der Waals surface area contributed by atoms with Crippen LogP contribution in [0, 0.1) is 13.8 Å². The average Bonchev–Trinajstić information content (AvgIpc) is 3.34. The molecule has 1 saturated heterocycles. The van der Waals surface area contributed by atoms with E-state index < -0.39 is 5.25 Å². The van der Waals surface area contributed by atoms with Crippen LogP contribution in [0.3, 0.4) is 0 Å². The molecule has 2 aromatic carbocycles. The third kappa shape index (κ3) is 4.59. The molecule has 0 aromatic heterocycles. The molecule has 1 aliphatic heterocycles. The molecule has 0 spiro atoms. The van der Waals surface area contributed by atoms with Crippen LogP contribution >= 0.6 is 11.8 Å². The molecule has 0 unspecified atom stereocenters. The second kappa shape index (κ2) is 9.04. The molecule has 1 aliphatic carbocycles. The van der Waals surface area contributed by atoms with Crippen molar-refractivity contribution in [3.63, 3.8) is 0 Å².